The van der Waals surface area contributed by atoms with Gasteiger partial charge in [-0.1, -0.05) is 35.5 Å². The van der Waals surface area contributed by atoms with Gasteiger partial charge in [0.05, 0.1) is 22.1 Å². The lowest BCUT2D eigenvalue weighted by molar-refractivity contribution is 0.552. The molecule has 1 heterocycles. The van der Waals surface area contributed by atoms with Crippen molar-refractivity contribution in [3.63, 3.8) is 0 Å². The van der Waals surface area contributed by atoms with Gasteiger partial charge in [-0.3, -0.25) is 0 Å². The van der Waals surface area contributed by atoms with Crippen molar-refractivity contribution in [2.24, 2.45) is 0 Å². The van der Waals surface area contributed by atoms with Crippen LogP contribution in [0.25, 0.3) is 0 Å². The maximum atomic E-state index is 14.8. The normalized spacial score (nSPS) is 16.0. The number of halogens is 3. The molecule has 3 rings (SSSR count). The number of anilines is 3. The molecule has 0 amide bonds. The number of benzene rings is 2. The van der Waals surface area contributed by atoms with Crippen LogP contribution in [0.1, 0.15) is 0 Å². The Morgan fingerprint density at radius 3 is 2.65 bits per heavy atom. The highest BCUT2D eigenvalue weighted by atomic mass is 35.5. The van der Waals surface area contributed by atoms with Crippen LogP contribution in [0.15, 0.2) is 52.7 Å². The van der Waals surface area contributed by atoms with Gasteiger partial charge >= 0.3 is 0 Å². The number of rotatable bonds is 9. The third kappa shape index (κ3) is 5.80. The number of sulfonamides is 1. The number of hydrogen-bond acceptors (Lipinski definition) is 7. The minimum absolute atomic E-state index is 0.0193. The Kier molecular flexibility index (Phi) is 7.65. The molecule has 1 aliphatic rings. The van der Waals surface area contributed by atoms with Gasteiger partial charge in [0.1, 0.15) is 16.2 Å². The van der Waals surface area contributed by atoms with Gasteiger partial charge in [-0.2, -0.15) is 9.11 Å². The fraction of sp³-hybridized carbons (Fsp3) is 0.263. The molecule has 168 valence electrons. The van der Waals surface area contributed by atoms with Crippen LogP contribution in [0.3, 0.4) is 0 Å². The summed E-state index contributed by atoms with van der Waals surface area (Å²) in [5, 5.41) is 8.09. The van der Waals surface area contributed by atoms with Crippen molar-refractivity contribution in [2.75, 3.05) is 37.4 Å². The Morgan fingerprint density at radius 1 is 1.23 bits per heavy atom. The van der Waals surface area contributed by atoms with Crippen molar-refractivity contribution < 1.29 is 17.2 Å². The Morgan fingerprint density at radius 2 is 1.97 bits per heavy atom. The molecule has 0 spiro atoms. The maximum Gasteiger partial charge on any atom is 0.245 e. The van der Waals surface area contributed by atoms with Crippen molar-refractivity contribution in [3.8, 4) is 0 Å². The Bertz CT molecular complexity index is 1080. The first-order valence-corrected chi connectivity index (χ1v) is 12.0. The standard InChI is InChI=1S/C19H22ClF2N5O2S2/c1-23-7-8-27(2)16-6-4-3-5-14(16)25-15-10-13(21)17(9-12(15)20)31(28,29)26-19-24-11-18(22)30-19/h3-6,9-11,19,23-26H,7-8H2,1-2H3. The number of likely N-dealkylation sites (N-methyl/N-ethyl adjacent to an activating group) is 2. The quantitative estimate of drug-likeness (QED) is 0.428. The van der Waals surface area contributed by atoms with Crippen LogP contribution in [0, 0.1) is 5.82 Å². The van der Waals surface area contributed by atoms with Crippen LogP contribution in [0.5, 0.6) is 0 Å². The van der Waals surface area contributed by atoms with Crippen molar-refractivity contribution >= 4 is 50.4 Å². The Labute approximate surface area is 189 Å². The molecular weight excluding hydrogens is 468 g/mol. The van der Waals surface area contributed by atoms with E-state index in [4.69, 9.17) is 11.6 Å². The van der Waals surface area contributed by atoms with E-state index in [-0.39, 0.29) is 10.7 Å². The summed E-state index contributed by atoms with van der Waals surface area (Å²) in [4.78, 5) is 1.39. The highest BCUT2D eigenvalue weighted by Gasteiger charge is 2.27. The van der Waals surface area contributed by atoms with E-state index in [9.17, 15) is 17.2 Å². The highest BCUT2D eigenvalue weighted by molar-refractivity contribution is 8.04. The van der Waals surface area contributed by atoms with E-state index in [1.165, 1.54) is 0 Å². The predicted molar refractivity (Wildman–Crippen MR) is 122 cm³/mol. The van der Waals surface area contributed by atoms with Gasteiger partial charge in [-0.25, -0.2) is 12.8 Å². The van der Waals surface area contributed by atoms with Crippen molar-refractivity contribution in [1.82, 2.24) is 15.4 Å². The molecular formula is C19H22ClF2N5O2S2. The molecule has 7 nitrogen and oxygen atoms in total. The molecule has 0 saturated carbocycles. The molecule has 1 aliphatic heterocycles. The third-order valence-electron chi connectivity index (χ3n) is 4.43. The van der Waals surface area contributed by atoms with E-state index in [1.54, 1.807) is 0 Å². The van der Waals surface area contributed by atoms with E-state index in [0.717, 1.165) is 37.1 Å². The van der Waals surface area contributed by atoms with Crippen LogP contribution in [0.2, 0.25) is 5.02 Å². The second-order valence-electron chi connectivity index (χ2n) is 6.66. The number of para-hydroxylation sites is 2. The molecule has 0 radical (unpaired) electrons. The van der Waals surface area contributed by atoms with Crippen LogP contribution < -0.4 is 25.6 Å². The molecule has 1 atom stereocenters. The van der Waals surface area contributed by atoms with Crippen molar-refractivity contribution in [2.45, 2.75) is 10.4 Å². The van der Waals surface area contributed by atoms with E-state index >= 15 is 0 Å². The van der Waals surface area contributed by atoms with Gasteiger partial charge in [0.2, 0.25) is 10.0 Å². The smallest absolute Gasteiger partial charge is 0.245 e. The average Bonchev–Trinajstić information content (AvgIpc) is 3.12. The SMILES string of the molecule is CNCCN(C)c1ccccc1Nc1cc(F)c(S(=O)(=O)NC2NC=C(F)S2)cc1Cl. The number of hydrogen-bond donors (Lipinski definition) is 4. The number of nitrogens with one attached hydrogen (secondary N) is 4. The van der Waals surface area contributed by atoms with Crippen LogP contribution in [0.4, 0.5) is 25.8 Å². The maximum absolute atomic E-state index is 14.8. The summed E-state index contributed by atoms with van der Waals surface area (Å²) >= 11 is 6.90. The zero-order valence-electron chi connectivity index (χ0n) is 16.7. The summed E-state index contributed by atoms with van der Waals surface area (Å²) in [6.07, 6.45) is 1.03. The third-order valence-corrected chi connectivity index (χ3v) is 7.17. The second kappa shape index (κ2) is 10.0. The molecule has 0 fully saturated rings. The highest BCUT2D eigenvalue weighted by Crippen LogP contribution is 2.34. The van der Waals surface area contributed by atoms with E-state index in [0.29, 0.717) is 17.4 Å². The first-order chi connectivity index (χ1) is 14.7. The zero-order valence-corrected chi connectivity index (χ0v) is 19.1. The predicted octanol–water partition coefficient (Wildman–Crippen LogP) is 3.55. The summed E-state index contributed by atoms with van der Waals surface area (Å²) in [5.41, 5.74) is 0.797. The summed E-state index contributed by atoms with van der Waals surface area (Å²) in [7, 11) is -0.492. The average molecular weight is 490 g/mol. The lowest BCUT2D eigenvalue weighted by Crippen LogP contribution is -2.38. The van der Waals surface area contributed by atoms with Crippen LogP contribution in [-0.4, -0.2) is 41.1 Å². The summed E-state index contributed by atoms with van der Waals surface area (Å²) in [6.45, 7) is 1.51. The van der Waals surface area contributed by atoms with Gasteiger partial charge < -0.3 is 20.9 Å². The lowest BCUT2D eigenvalue weighted by Gasteiger charge is -2.23. The second-order valence-corrected chi connectivity index (χ2v) is 9.85. The topological polar surface area (TPSA) is 85.5 Å². The molecule has 0 saturated heterocycles. The molecule has 0 aromatic heterocycles. The van der Waals surface area contributed by atoms with Crippen LogP contribution >= 0.6 is 23.4 Å². The van der Waals surface area contributed by atoms with E-state index < -0.39 is 31.4 Å². The molecule has 4 N–H and O–H groups in total. The fourth-order valence-corrected chi connectivity index (χ4v) is 5.28. The van der Waals surface area contributed by atoms with Crippen LogP contribution in [-0.2, 0) is 10.0 Å². The summed E-state index contributed by atoms with van der Waals surface area (Å²) in [6, 6.07) is 9.48. The Balaban J connectivity index is 1.83. The molecule has 2 aromatic rings. The van der Waals surface area contributed by atoms with Crippen molar-refractivity contribution in [1.29, 1.82) is 0 Å². The summed E-state index contributed by atoms with van der Waals surface area (Å²) < 4.78 is 55.1. The number of thioether (sulfide) groups is 1. The van der Waals surface area contributed by atoms with Gasteiger partial charge in [-0.05, 0) is 25.2 Å². The van der Waals surface area contributed by atoms with E-state index in [1.807, 2.05) is 43.3 Å². The first kappa shape index (κ1) is 23.6. The van der Waals surface area contributed by atoms with E-state index in [2.05, 4.69) is 20.7 Å². The molecule has 0 bridgehead atoms. The van der Waals surface area contributed by atoms with Gasteiger partial charge in [0.25, 0.3) is 0 Å². The largest absolute Gasteiger partial charge is 0.372 e. The van der Waals surface area contributed by atoms with Gasteiger partial charge in [0.15, 0.2) is 5.16 Å². The molecule has 12 heteroatoms. The monoisotopic (exact) mass is 489 g/mol. The number of nitrogens with zero attached hydrogens (tertiary/aromatic N) is 1. The summed E-state index contributed by atoms with van der Waals surface area (Å²) in [5.74, 6) is -0.989. The first-order valence-electron chi connectivity index (χ1n) is 9.23. The van der Waals surface area contributed by atoms with Crippen molar-refractivity contribution in [3.05, 3.63) is 58.6 Å². The molecule has 31 heavy (non-hydrogen) atoms. The fourth-order valence-electron chi connectivity index (χ4n) is 2.87. The lowest BCUT2D eigenvalue weighted by atomic mass is 10.2. The van der Waals surface area contributed by atoms with Gasteiger partial charge in [-0.15, -0.1) is 0 Å². The molecule has 0 aliphatic carbocycles. The minimum Gasteiger partial charge on any atom is -0.372 e. The van der Waals surface area contributed by atoms with Gasteiger partial charge in [0, 0.05) is 32.4 Å². The molecule has 1 unspecified atom stereocenters. The minimum atomic E-state index is -4.28. The zero-order chi connectivity index (χ0) is 22.6. The molecule has 2 aromatic carbocycles. The Hall–Kier alpha value is -2.05.